The molecule has 0 amide bonds. The molecule has 2 aromatic rings. The van der Waals surface area contributed by atoms with Crippen LogP contribution in [0.3, 0.4) is 0 Å². The normalized spacial score (nSPS) is 10.4. The summed E-state index contributed by atoms with van der Waals surface area (Å²) in [4.78, 5) is 14.4. The first kappa shape index (κ1) is 13.3. The minimum atomic E-state index is -0.781. The zero-order valence-corrected chi connectivity index (χ0v) is 11.0. The SMILES string of the molecule is O=Cc1cc(F)nc(-c2c(Cl)cc(Cl)cc2Cl)c1. The van der Waals surface area contributed by atoms with Gasteiger partial charge in [-0.2, -0.15) is 4.39 Å². The van der Waals surface area contributed by atoms with E-state index in [0.29, 0.717) is 16.9 Å². The van der Waals surface area contributed by atoms with Gasteiger partial charge >= 0.3 is 0 Å². The van der Waals surface area contributed by atoms with Crippen molar-refractivity contribution in [2.45, 2.75) is 0 Å². The number of hydrogen-bond donors (Lipinski definition) is 0. The Morgan fingerprint density at radius 1 is 1.06 bits per heavy atom. The molecule has 1 aromatic heterocycles. The topological polar surface area (TPSA) is 30.0 Å². The zero-order valence-electron chi connectivity index (χ0n) is 8.75. The Hall–Kier alpha value is -1.16. The predicted molar refractivity (Wildman–Crippen MR) is 70.0 cm³/mol. The maximum absolute atomic E-state index is 13.3. The highest BCUT2D eigenvalue weighted by Gasteiger charge is 2.13. The number of carbonyl (C=O) groups excluding carboxylic acids is 1. The average Bonchev–Trinajstić information content (AvgIpc) is 2.26. The van der Waals surface area contributed by atoms with E-state index < -0.39 is 5.95 Å². The van der Waals surface area contributed by atoms with Crippen LogP contribution >= 0.6 is 34.8 Å². The molecule has 1 aromatic carbocycles. The number of aromatic nitrogens is 1. The molecule has 1 heterocycles. The molecule has 0 fully saturated rings. The van der Waals surface area contributed by atoms with Gasteiger partial charge < -0.3 is 0 Å². The Balaban J connectivity index is 2.69. The molecule has 0 aliphatic carbocycles. The van der Waals surface area contributed by atoms with Crippen LogP contribution in [0.4, 0.5) is 4.39 Å². The molecule has 2 nitrogen and oxygen atoms in total. The monoisotopic (exact) mass is 303 g/mol. The maximum Gasteiger partial charge on any atom is 0.214 e. The molecule has 0 aliphatic rings. The number of benzene rings is 1. The third-order valence-electron chi connectivity index (χ3n) is 2.22. The Bertz CT molecular complexity index is 608. The van der Waals surface area contributed by atoms with Crippen molar-refractivity contribution in [1.29, 1.82) is 0 Å². The number of aldehydes is 1. The predicted octanol–water partition coefficient (Wildman–Crippen LogP) is 4.66. The van der Waals surface area contributed by atoms with Crippen molar-refractivity contribution in [2.75, 3.05) is 0 Å². The summed E-state index contributed by atoms with van der Waals surface area (Å²) < 4.78 is 13.3. The van der Waals surface area contributed by atoms with Crippen LogP contribution in [-0.2, 0) is 0 Å². The van der Waals surface area contributed by atoms with Gasteiger partial charge in [-0.1, -0.05) is 34.8 Å². The third-order valence-corrected chi connectivity index (χ3v) is 3.03. The van der Waals surface area contributed by atoms with Gasteiger partial charge in [0.05, 0.1) is 15.7 Å². The first-order valence-electron chi connectivity index (χ1n) is 4.79. The van der Waals surface area contributed by atoms with Crippen LogP contribution in [0.15, 0.2) is 24.3 Å². The van der Waals surface area contributed by atoms with Gasteiger partial charge in [0.25, 0.3) is 0 Å². The molecule has 0 saturated heterocycles. The smallest absolute Gasteiger partial charge is 0.214 e. The molecule has 0 bridgehead atoms. The molecular weight excluding hydrogens is 299 g/mol. The lowest BCUT2D eigenvalue weighted by Gasteiger charge is -2.07. The quantitative estimate of drug-likeness (QED) is 0.596. The standard InChI is InChI=1S/C12H5Cl3FNO/c13-7-3-8(14)12(9(15)4-7)10-1-6(5-18)2-11(16)17-10/h1-5H. The minimum Gasteiger partial charge on any atom is -0.298 e. The first-order valence-corrected chi connectivity index (χ1v) is 5.92. The van der Waals surface area contributed by atoms with Crippen LogP contribution in [-0.4, -0.2) is 11.3 Å². The number of halogens is 4. The van der Waals surface area contributed by atoms with E-state index in [1.54, 1.807) is 0 Å². The second-order valence-corrected chi connectivity index (χ2v) is 4.72. The van der Waals surface area contributed by atoms with Crippen LogP contribution in [0.5, 0.6) is 0 Å². The van der Waals surface area contributed by atoms with Gasteiger partial charge in [0, 0.05) is 22.2 Å². The molecule has 2 rings (SSSR count). The van der Waals surface area contributed by atoms with E-state index >= 15 is 0 Å². The molecule has 0 spiro atoms. The van der Waals surface area contributed by atoms with Crippen LogP contribution in [0.25, 0.3) is 11.3 Å². The van der Waals surface area contributed by atoms with E-state index in [-0.39, 0.29) is 21.3 Å². The Morgan fingerprint density at radius 2 is 1.67 bits per heavy atom. The van der Waals surface area contributed by atoms with Gasteiger partial charge in [-0.15, -0.1) is 0 Å². The van der Waals surface area contributed by atoms with Gasteiger partial charge in [-0.3, -0.25) is 4.79 Å². The summed E-state index contributed by atoms with van der Waals surface area (Å²) in [5, 5.41) is 0.839. The lowest BCUT2D eigenvalue weighted by molar-refractivity contribution is 0.112. The van der Waals surface area contributed by atoms with Crippen LogP contribution in [0.2, 0.25) is 15.1 Å². The van der Waals surface area contributed by atoms with Crippen LogP contribution < -0.4 is 0 Å². The van der Waals surface area contributed by atoms with Crippen LogP contribution in [0.1, 0.15) is 10.4 Å². The van der Waals surface area contributed by atoms with Gasteiger partial charge in [0.2, 0.25) is 5.95 Å². The van der Waals surface area contributed by atoms with Gasteiger partial charge in [0.15, 0.2) is 0 Å². The highest BCUT2D eigenvalue weighted by molar-refractivity contribution is 6.41. The molecule has 0 N–H and O–H groups in total. The molecule has 18 heavy (non-hydrogen) atoms. The first-order chi connectivity index (χ1) is 8.51. The number of pyridine rings is 1. The molecular formula is C12H5Cl3FNO. The summed E-state index contributed by atoms with van der Waals surface area (Å²) >= 11 is 17.8. The fraction of sp³-hybridized carbons (Fsp3) is 0. The summed E-state index contributed by atoms with van der Waals surface area (Å²) in [5.41, 5.74) is 0.675. The summed E-state index contributed by atoms with van der Waals surface area (Å²) in [7, 11) is 0. The van der Waals surface area contributed by atoms with E-state index in [4.69, 9.17) is 34.8 Å². The second-order valence-electron chi connectivity index (χ2n) is 3.47. The van der Waals surface area contributed by atoms with Crippen molar-refractivity contribution in [3.05, 3.63) is 50.8 Å². The number of nitrogens with zero attached hydrogens (tertiary/aromatic N) is 1. The van der Waals surface area contributed by atoms with Crippen molar-refractivity contribution < 1.29 is 9.18 Å². The van der Waals surface area contributed by atoms with Crippen molar-refractivity contribution in [2.24, 2.45) is 0 Å². The highest BCUT2D eigenvalue weighted by Crippen LogP contribution is 2.36. The lowest BCUT2D eigenvalue weighted by atomic mass is 10.1. The molecule has 6 heteroatoms. The number of rotatable bonds is 2. The van der Waals surface area contributed by atoms with E-state index in [0.717, 1.165) is 6.07 Å². The van der Waals surface area contributed by atoms with Crippen molar-refractivity contribution in [3.8, 4) is 11.3 Å². The van der Waals surface area contributed by atoms with Gasteiger partial charge in [-0.25, -0.2) is 4.98 Å². The van der Waals surface area contributed by atoms with Crippen molar-refractivity contribution in [1.82, 2.24) is 4.98 Å². The Morgan fingerprint density at radius 3 is 2.22 bits per heavy atom. The minimum absolute atomic E-state index is 0.152. The van der Waals surface area contributed by atoms with E-state index in [1.807, 2.05) is 0 Å². The fourth-order valence-electron chi connectivity index (χ4n) is 1.50. The second kappa shape index (κ2) is 5.22. The maximum atomic E-state index is 13.3. The average molecular weight is 305 g/mol. The van der Waals surface area contributed by atoms with Gasteiger partial charge in [-0.05, 0) is 18.2 Å². The molecule has 0 saturated carbocycles. The van der Waals surface area contributed by atoms with E-state index in [1.165, 1.54) is 18.2 Å². The Kier molecular flexibility index (Phi) is 3.85. The molecule has 0 unspecified atom stereocenters. The molecule has 0 aliphatic heterocycles. The summed E-state index contributed by atoms with van der Waals surface area (Å²) in [5.74, 6) is -0.781. The Labute approximate surface area is 117 Å². The largest absolute Gasteiger partial charge is 0.298 e. The molecule has 92 valence electrons. The highest BCUT2D eigenvalue weighted by atomic mass is 35.5. The zero-order chi connectivity index (χ0) is 13.3. The molecule has 0 radical (unpaired) electrons. The fourth-order valence-corrected chi connectivity index (χ4v) is 2.51. The summed E-state index contributed by atoms with van der Waals surface area (Å²) in [6, 6.07) is 5.36. The van der Waals surface area contributed by atoms with Crippen molar-refractivity contribution >= 4 is 41.1 Å². The summed E-state index contributed by atoms with van der Waals surface area (Å²) in [6.45, 7) is 0. The van der Waals surface area contributed by atoms with Crippen molar-refractivity contribution in [3.63, 3.8) is 0 Å². The van der Waals surface area contributed by atoms with E-state index in [2.05, 4.69) is 4.98 Å². The van der Waals surface area contributed by atoms with Gasteiger partial charge in [0.1, 0.15) is 6.29 Å². The third kappa shape index (κ3) is 2.64. The van der Waals surface area contributed by atoms with Crippen LogP contribution in [0, 0.1) is 5.95 Å². The van der Waals surface area contributed by atoms with E-state index in [9.17, 15) is 9.18 Å². The lowest BCUT2D eigenvalue weighted by Crippen LogP contribution is -1.93. The summed E-state index contributed by atoms with van der Waals surface area (Å²) in [6.07, 6.45) is 0.520. The molecule has 0 atom stereocenters. The number of carbonyl (C=O) groups is 1. The number of hydrogen-bond acceptors (Lipinski definition) is 2.